The highest BCUT2D eigenvalue weighted by Crippen LogP contribution is 2.26. The average Bonchev–Trinajstić information content (AvgIpc) is 2.09. The van der Waals surface area contributed by atoms with Gasteiger partial charge >= 0.3 is 0 Å². The Morgan fingerprint density at radius 2 is 2.15 bits per heavy atom. The average molecular weight is 267 g/mol. The fraction of sp³-hybridized carbons (Fsp3) is 0.333. The Hall–Kier alpha value is -0.120. The molecule has 0 radical (unpaired) electrons. The van der Waals surface area contributed by atoms with Gasteiger partial charge in [-0.15, -0.1) is 0 Å². The van der Waals surface area contributed by atoms with Crippen molar-refractivity contribution in [2.75, 3.05) is 6.54 Å². The summed E-state index contributed by atoms with van der Waals surface area (Å²) in [5, 5.41) is 0.397. The van der Waals surface area contributed by atoms with Crippen LogP contribution in [-0.2, 0) is 6.42 Å². The molecule has 0 fully saturated rings. The van der Waals surface area contributed by atoms with E-state index in [1.165, 1.54) is 6.07 Å². The third kappa shape index (κ3) is 2.93. The number of rotatable bonds is 3. The second-order valence-corrected chi connectivity index (χ2v) is 4.01. The maximum Gasteiger partial charge on any atom is 0.127 e. The highest BCUT2D eigenvalue weighted by Gasteiger charge is 2.05. The summed E-state index contributed by atoms with van der Waals surface area (Å²) in [6, 6.07) is 3.02. The van der Waals surface area contributed by atoms with Gasteiger partial charge in [0.05, 0.1) is 5.02 Å². The topological polar surface area (TPSA) is 26.0 Å². The summed E-state index contributed by atoms with van der Waals surface area (Å²) in [7, 11) is 0. The van der Waals surface area contributed by atoms with Crippen LogP contribution in [0.15, 0.2) is 16.6 Å². The van der Waals surface area contributed by atoms with Crippen molar-refractivity contribution in [2.24, 2.45) is 5.73 Å². The number of hydrogen-bond donors (Lipinski definition) is 1. The largest absolute Gasteiger partial charge is 0.330 e. The Morgan fingerprint density at radius 3 is 2.77 bits per heavy atom. The van der Waals surface area contributed by atoms with Crippen LogP contribution in [0.3, 0.4) is 0 Å². The molecule has 0 saturated carbocycles. The molecule has 0 aliphatic heterocycles. The molecule has 0 aliphatic rings. The Labute approximate surface area is 90.2 Å². The van der Waals surface area contributed by atoms with Gasteiger partial charge in [-0.2, -0.15) is 0 Å². The van der Waals surface area contributed by atoms with Crippen LogP contribution in [-0.4, -0.2) is 6.54 Å². The first-order chi connectivity index (χ1) is 6.15. The van der Waals surface area contributed by atoms with Crippen LogP contribution < -0.4 is 5.73 Å². The first-order valence-electron chi connectivity index (χ1n) is 3.98. The molecule has 0 aliphatic carbocycles. The number of hydrogen-bond acceptors (Lipinski definition) is 1. The minimum atomic E-state index is -0.262. The lowest BCUT2D eigenvalue weighted by molar-refractivity contribution is 0.605. The van der Waals surface area contributed by atoms with Crippen molar-refractivity contribution in [3.8, 4) is 0 Å². The summed E-state index contributed by atoms with van der Waals surface area (Å²) < 4.78 is 13.9. The van der Waals surface area contributed by atoms with Crippen molar-refractivity contribution in [3.63, 3.8) is 0 Å². The molecule has 4 heteroatoms. The fourth-order valence-electron chi connectivity index (χ4n) is 1.05. The number of benzene rings is 1. The lowest BCUT2D eigenvalue weighted by Gasteiger charge is -2.04. The molecule has 1 rings (SSSR count). The molecule has 0 spiro atoms. The second kappa shape index (κ2) is 4.94. The standard InChI is InChI=1S/C9H10BrClFN/c10-7-4-6(2-1-3-13)9(12)5-8(7)11/h4-5H,1-3,13H2. The molecule has 0 aromatic heterocycles. The first-order valence-corrected chi connectivity index (χ1v) is 5.15. The van der Waals surface area contributed by atoms with Gasteiger partial charge in [-0.05, 0) is 53.0 Å². The van der Waals surface area contributed by atoms with E-state index in [2.05, 4.69) is 15.9 Å². The zero-order valence-corrected chi connectivity index (χ0v) is 9.33. The number of aryl methyl sites for hydroxylation is 1. The van der Waals surface area contributed by atoms with E-state index in [0.29, 0.717) is 23.6 Å². The monoisotopic (exact) mass is 265 g/mol. The van der Waals surface area contributed by atoms with Crippen LogP contribution in [0.2, 0.25) is 5.02 Å². The molecule has 13 heavy (non-hydrogen) atoms. The van der Waals surface area contributed by atoms with E-state index < -0.39 is 0 Å². The predicted molar refractivity (Wildman–Crippen MR) is 56.5 cm³/mol. The van der Waals surface area contributed by atoms with E-state index in [-0.39, 0.29) is 5.82 Å². The second-order valence-electron chi connectivity index (χ2n) is 2.75. The van der Waals surface area contributed by atoms with Crippen LogP contribution in [0, 0.1) is 5.82 Å². The van der Waals surface area contributed by atoms with Gasteiger partial charge in [0.2, 0.25) is 0 Å². The zero-order chi connectivity index (χ0) is 9.84. The molecule has 0 atom stereocenters. The van der Waals surface area contributed by atoms with E-state index in [9.17, 15) is 4.39 Å². The van der Waals surface area contributed by atoms with Crippen molar-refractivity contribution < 1.29 is 4.39 Å². The van der Waals surface area contributed by atoms with Gasteiger partial charge in [-0.1, -0.05) is 11.6 Å². The Morgan fingerprint density at radius 1 is 1.46 bits per heavy atom. The molecule has 1 nitrogen and oxygen atoms in total. The van der Waals surface area contributed by atoms with Gasteiger partial charge in [0.15, 0.2) is 0 Å². The van der Waals surface area contributed by atoms with Gasteiger partial charge in [0, 0.05) is 4.47 Å². The summed E-state index contributed by atoms with van der Waals surface area (Å²) in [6.07, 6.45) is 1.43. The molecular formula is C9H10BrClFN. The third-order valence-corrected chi connectivity index (χ3v) is 2.94. The summed E-state index contributed by atoms with van der Waals surface area (Å²) in [5.74, 6) is -0.262. The van der Waals surface area contributed by atoms with Crippen molar-refractivity contribution >= 4 is 27.5 Å². The molecule has 0 heterocycles. The molecule has 1 aromatic carbocycles. The molecule has 0 saturated heterocycles. The summed E-state index contributed by atoms with van der Waals surface area (Å²) in [6.45, 7) is 0.569. The minimum Gasteiger partial charge on any atom is -0.330 e. The Bertz CT molecular complexity index is 304. The highest BCUT2D eigenvalue weighted by molar-refractivity contribution is 9.10. The van der Waals surface area contributed by atoms with Crippen LogP contribution >= 0.6 is 27.5 Å². The van der Waals surface area contributed by atoms with Crippen molar-refractivity contribution in [2.45, 2.75) is 12.8 Å². The molecule has 0 amide bonds. The zero-order valence-electron chi connectivity index (χ0n) is 6.99. The van der Waals surface area contributed by atoms with Gasteiger partial charge in [-0.3, -0.25) is 0 Å². The van der Waals surface area contributed by atoms with Gasteiger partial charge in [0.1, 0.15) is 5.82 Å². The molecule has 72 valence electrons. The van der Waals surface area contributed by atoms with Crippen molar-refractivity contribution in [1.29, 1.82) is 0 Å². The summed E-state index contributed by atoms with van der Waals surface area (Å²) in [5.41, 5.74) is 5.99. The van der Waals surface area contributed by atoms with E-state index >= 15 is 0 Å². The van der Waals surface area contributed by atoms with E-state index in [1.54, 1.807) is 6.07 Å². The van der Waals surface area contributed by atoms with Crippen LogP contribution in [0.1, 0.15) is 12.0 Å². The SMILES string of the molecule is NCCCc1cc(Br)c(Cl)cc1F. The maximum absolute atomic E-state index is 13.2. The number of halogens is 3. The van der Waals surface area contributed by atoms with Gasteiger partial charge < -0.3 is 5.73 Å². The van der Waals surface area contributed by atoms with Crippen molar-refractivity contribution in [3.05, 3.63) is 33.0 Å². The summed E-state index contributed by atoms with van der Waals surface area (Å²) in [4.78, 5) is 0. The molecule has 0 bridgehead atoms. The van der Waals surface area contributed by atoms with Crippen LogP contribution in [0.25, 0.3) is 0 Å². The highest BCUT2D eigenvalue weighted by atomic mass is 79.9. The number of nitrogens with two attached hydrogens (primary N) is 1. The van der Waals surface area contributed by atoms with E-state index in [1.807, 2.05) is 0 Å². The Balaban J connectivity index is 2.88. The van der Waals surface area contributed by atoms with E-state index in [4.69, 9.17) is 17.3 Å². The van der Waals surface area contributed by atoms with Gasteiger partial charge in [0.25, 0.3) is 0 Å². The Kier molecular flexibility index (Phi) is 4.16. The summed E-state index contributed by atoms with van der Waals surface area (Å²) >= 11 is 8.95. The molecular weight excluding hydrogens is 256 g/mol. The molecule has 0 unspecified atom stereocenters. The van der Waals surface area contributed by atoms with Gasteiger partial charge in [-0.25, -0.2) is 4.39 Å². The predicted octanol–water partition coefficient (Wildman–Crippen LogP) is 3.13. The smallest absolute Gasteiger partial charge is 0.127 e. The maximum atomic E-state index is 13.2. The first kappa shape index (κ1) is 11.0. The third-order valence-electron chi connectivity index (χ3n) is 1.74. The molecule has 1 aromatic rings. The minimum absolute atomic E-state index is 0.262. The molecule has 2 N–H and O–H groups in total. The lowest BCUT2D eigenvalue weighted by Crippen LogP contribution is -2.01. The van der Waals surface area contributed by atoms with Crippen LogP contribution in [0.4, 0.5) is 4.39 Å². The van der Waals surface area contributed by atoms with E-state index in [0.717, 1.165) is 10.9 Å². The van der Waals surface area contributed by atoms with Crippen molar-refractivity contribution in [1.82, 2.24) is 0 Å². The lowest BCUT2D eigenvalue weighted by atomic mass is 10.1. The fourth-order valence-corrected chi connectivity index (χ4v) is 1.59. The quantitative estimate of drug-likeness (QED) is 0.836. The van der Waals surface area contributed by atoms with Crippen LogP contribution in [0.5, 0.6) is 0 Å². The normalized spacial score (nSPS) is 10.5.